The van der Waals surface area contributed by atoms with Gasteiger partial charge in [-0.15, -0.1) is 0 Å². The SMILES string of the molecule is CC(=O)C(N)N1CCCCC1. The van der Waals surface area contributed by atoms with E-state index in [1.54, 1.807) is 6.92 Å². The number of nitrogens with two attached hydrogens (primary N) is 1. The molecule has 1 atom stereocenters. The number of likely N-dealkylation sites (tertiary alicyclic amines) is 1. The van der Waals surface area contributed by atoms with Crippen molar-refractivity contribution in [2.45, 2.75) is 32.4 Å². The van der Waals surface area contributed by atoms with Crippen LogP contribution >= 0.6 is 0 Å². The number of rotatable bonds is 2. The van der Waals surface area contributed by atoms with E-state index >= 15 is 0 Å². The van der Waals surface area contributed by atoms with Crippen LogP contribution in [0.1, 0.15) is 26.2 Å². The van der Waals surface area contributed by atoms with Crippen molar-refractivity contribution in [1.29, 1.82) is 0 Å². The van der Waals surface area contributed by atoms with Crippen LogP contribution in [0.2, 0.25) is 0 Å². The van der Waals surface area contributed by atoms with E-state index in [0.717, 1.165) is 13.1 Å². The van der Waals surface area contributed by atoms with Gasteiger partial charge in [0.05, 0.1) is 0 Å². The van der Waals surface area contributed by atoms with Crippen LogP contribution in [0.5, 0.6) is 0 Å². The Morgan fingerprint density at radius 2 is 1.91 bits per heavy atom. The minimum absolute atomic E-state index is 0.0758. The highest BCUT2D eigenvalue weighted by Crippen LogP contribution is 2.09. The second-order valence-electron chi connectivity index (χ2n) is 3.15. The number of piperidine rings is 1. The van der Waals surface area contributed by atoms with E-state index in [-0.39, 0.29) is 11.9 Å². The lowest BCUT2D eigenvalue weighted by atomic mass is 10.1. The third kappa shape index (κ3) is 2.27. The maximum atomic E-state index is 10.9. The fourth-order valence-corrected chi connectivity index (χ4v) is 1.45. The van der Waals surface area contributed by atoms with Crippen LogP contribution in [0.3, 0.4) is 0 Å². The molecule has 0 bridgehead atoms. The lowest BCUT2D eigenvalue weighted by Crippen LogP contribution is -2.48. The summed E-state index contributed by atoms with van der Waals surface area (Å²) in [6.45, 7) is 3.53. The summed E-state index contributed by atoms with van der Waals surface area (Å²) in [5.41, 5.74) is 5.67. The first-order valence-corrected chi connectivity index (χ1v) is 4.22. The summed E-state index contributed by atoms with van der Waals surface area (Å²) in [7, 11) is 0. The molecule has 0 aromatic carbocycles. The molecule has 1 heterocycles. The highest BCUT2D eigenvalue weighted by Gasteiger charge is 2.19. The predicted molar refractivity (Wildman–Crippen MR) is 44.1 cm³/mol. The third-order valence-electron chi connectivity index (χ3n) is 2.20. The van der Waals surface area contributed by atoms with Crippen LogP contribution in [0.4, 0.5) is 0 Å². The molecule has 3 heteroatoms. The van der Waals surface area contributed by atoms with Gasteiger partial charge in [-0.1, -0.05) is 6.42 Å². The highest BCUT2D eigenvalue weighted by atomic mass is 16.1. The number of hydrogen-bond acceptors (Lipinski definition) is 3. The minimum atomic E-state index is -0.352. The van der Waals surface area contributed by atoms with Crippen LogP contribution in [0.25, 0.3) is 0 Å². The summed E-state index contributed by atoms with van der Waals surface area (Å²) in [6.07, 6.45) is 3.29. The van der Waals surface area contributed by atoms with Gasteiger partial charge in [-0.05, 0) is 19.8 Å². The average Bonchev–Trinajstić information content (AvgIpc) is 2.05. The Balaban J connectivity index is 2.38. The summed E-state index contributed by atoms with van der Waals surface area (Å²) < 4.78 is 0. The minimum Gasteiger partial charge on any atom is -0.309 e. The first kappa shape index (κ1) is 8.68. The van der Waals surface area contributed by atoms with Crippen LogP contribution in [-0.2, 0) is 4.79 Å². The van der Waals surface area contributed by atoms with Gasteiger partial charge in [-0.25, -0.2) is 0 Å². The van der Waals surface area contributed by atoms with E-state index in [1.807, 2.05) is 0 Å². The number of ketones is 1. The number of carbonyl (C=O) groups excluding carboxylic acids is 1. The number of carbonyl (C=O) groups is 1. The molecule has 1 aliphatic heterocycles. The van der Waals surface area contributed by atoms with Crippen LogP contribution < -0.4 is 5.73 Å². The van der Waals surface area contributed by atoms with Gasteiger partial charge in [0, 0.05) is 13.1 Å². The van der Waals surface area contributed by atoms with Gasteiger partial charge < -0.3 is 5.73 Å². The van der Waals surface area contributed by atoms with Crippen molar-refractivity contribution in [3.8, 4) is 0 Å². The van der Waals surface area contributed by atoms with E-state index in [9.17, 15) is 4.79 Å². The lowest BCUT2D eigenvalue weighted by Gasteiger charge is -2.30. The van der Waals surface area contributed by atoms with Gasteiger partial charge in [-0.3, -0.25) is 9.69 Å². The summed E-state index contributed by atoms with van der Waals surface area (Å²) in [5.74, 6) is 0.0758. The molecule has 0 radical (unpaired) electrons. The molecule has 3 nitrogen and oxygen atoms in total. The van der Waals surface area contributed by atoms with Crippen molar-refractivity contribution >= 4 is 5.78 Å². The van der Waals surface area contributed by atoms with Crippen molar-refractivity contribution in [3.05, 3.63) is 0 Å². The van der Waals surface area contributed by atoms with Crippen molar-refractivity contribution in [1.82, 2.24) is 4.90 Å². The van der Waals surface area contributed by atoms with Gasteiger partial charge in [0.2, 0.25) is 0 Å². The quantitative estimate of drug-likeness (QED) is 0.627. The van der Waals surface area contributed by atoms with E-state index in [4.69, 9.17) is 5.73 Å². The first-order valence-electron chi connectivity index (χ1n) is 4.22. The van der Waals surface area contributed by atoms with Crippen molar-refractivity contribution in [2.75, 3.05) is 13.1 Å². The molecule has 0 amide bonds. The molecule has 0 saturated carbocycles. The molecule has 0 aromatic rings. The second kappa shape index (κ2) is 3.83. The van der Waals surface area contributed by atoms with Crippen LogP contribution in [0.15, 0.2) is 0 Å². The van der Waals surface area contributed by atoms with E-state index in [0.29, 0.717) is 0 Å². The Labute approximate surface area is 67.5 Å². The Morgan fingerprint density at radius 1 is 1.36 bits per heavy atom. The summed E-state index contributed by atoms with van der Waals surface area (Å²) in [5, 5.41) is 0. The summed E-state index contributed by atoms with van der Waals surface area (Å²) in [4.78, 5) is 12.9. The number of hydrogen-bond donors (Lipinski definition) is 1. The van der Waals surface area contributed by atoms with Crippen LogP contribution in [-0.4, -0.2) is 29.9 Å². The fourth-order valence-electron chi connectivity index (χ4n) is 1.45. The normalized spacial score (nSPS) is 23.1. The Morgan fingerprint density at radius 3 is 2.36 bits per heavy atom. The molecule has 1 unspecified atom stereocenters. The van der Waals surface area contributed by atoms with E-state index in [2.05, 4.69) is 4.90 Å². The molecular weight excluding hydrogens is 140 g/mol. The molecular formula is C8H16N2O. The molecule has 0 spiro atoms. The number of Topliss-reactive ketones (excluding diaryl/α,β-unsaturated/α-hetero) is 1. The van der Waals surface area contributed by atoms with Crippen LogP contribution in [0, 0.1) is 0 Å². The molecule has 64 valence electrons. The van der Waals surface area contributed by atoms with E-state index < -0.39 is 0 Å². The first-order chi connectivity index (χ1) is 5.22. The molecule has 11 heavy (non-hydrogen) atoms. The maximum absolute atomic E-state index is 10.9. The number of nitrogens with zero attached hydrogens (tertiary/aromatic N) is 1. The molecule has 1 saturated heterocycles. The Bertz CT molecular complexity index is 141. The zero-order valence-electron chi connectivity index (χ0n) is 7.05. The summed E-state index contributed by atoms with van der Waals surface area (Å²) in [6, 6.07) is 0. The van der Waals surface area contributed by atoms with Crippen molar-refractivity contribution in [3.63, 3.8) is 0 Å². The van der Waals surface area contributed by atoms with Gasteiger partial charge in [0.15, 0.2) is 5.78 Å². The van der Waals surface area contributed by atoms with E-state index in [1.165, 1.54) is 19.3 Å². The largest absolute Gasteiger partial charge is 0.309 e. The molecule has 0 aromatic heterocycles. The molecule has 1 rings (SSSR count). The standard InChI is InChI=1S/C8H16N2O/c1-7(11)8(9)10-5-3-2-4-6-10/h8H,2-6,9H2,1H3. The van der Waals surface area contributed by atoms with Gasteiger partial charge in [-0.2, -0.15) is 0 Å². The van der Waals surface area contributed by atoms with Gasteiger partial charge >= 0.3 is 0 Å². The molecule has 2 N–H and O–H groups in total. The van der Waals surface area contributed by atoms with Crippen molar-refractivity contribution < 1.29 is 4.79 Å². The zero-order chi connectivity index (χ0) is 8.27. The second-order valence-corrected chi connectivity index (χ2v) is 3.15. The molecule has 1 fully saturated rings. The zero-order valence-corrected chi connectivity index (χ0v) is 7.05. The van der Waals surface area contributed by atoms with Gasteiger partial charge in [0.1, 0.15) is 6.17 Å². The fraction of sp³-hybridized carbons (Fsp3) is 0.875. The highest BCUT2D eigenvalue weighted by molar-refractivity contribution is 5.80. The monoisotopic (exact) mass is 156 g/mol. The van der Waals surface area contributed by atoms with Gasteiger partial charge in [0.25, 0.3) is 0 Å². The lowest BCUT2D eigenvalue weighted by molar-refractivity contribution is -0.122. The predicted octanol–water partition coefficient (Wildman–Crippen LogP) is 0.346. The average molecular weight is 156 g/mol. The van der Waals surface area contributed by atoms with Crippen molar-refractivity contribution in [2.24, 2.45) is 5.73 Å². The topological polar surface area (TPSA) is 46.3 Å². The maximum Gasteiger partial charge on any atom is 0.161 e. The molecule has 1 aliphatic rings. The third-order valence-corrected chi connectivity index (χ3v) is 2.20. The summed E-state index contributed by atoms with van der Waals surface area (Å²) >= 11 is 0. The smallest absolute Gasteiger partial charge is 0.161 e. The molecule has 0 aliphatic carbocycles. The Kier molecular flexibility index (Phi) is 3.02. The Hall–Kier alpha value is -0.410.